The van der Waals surface area contributed by atoms with Gasteiger partial charge in [0.05, 0.1) is 5.56 Å². The van der Waals surface area contributed by atoms with Gasteiger partial charge in [-0.05, 0) is 42.8 Å². The second kappa shape index (κ2) is 5.55. The van der Waals surface area contributed by atoms with Crippen molar-refractivity contribution in [3.63, 3.8) is 0 Å². The molecular formula is C15H10F4O2. The average Bonchev–Trinajstić information content (AvgIpc) is 2.35. The Bertz CT molecular complexity index is 657. The fraction of sp³-hybridized carbons (Fsp3) is 0.133. The highest BCUT2D eigenvalue weighted by atomic mass is 19.4. The van der Waals surface area contributed by atoms with Crippen molar-refractivity contribution >= 4 is 5.78 Å². The van der Waals surface area contributed by atoms with Crippen LogP contribution < -0.4 is 4.74 Å². The van der Waals surface area contributed by atoms with E-state index in [4.69, 9.17) is 0 Å². The first-order valence-electron chi connectivity index (χ1n) is 5.93. The number of carbonyl (C=O) groups excluding carboxylic acids is 1. The van der Waals surface area contributed by atoms with E-state index in [0.717, 1.165) is 12.1 Å². The summed E-state index contributed by atoms with van der Waals surface area (Å²) in [6.45, 7) is 1.58. The van der Waals surface area contributed by atoms with Gasteiger partial charge in [-0.25, -0.2) is 4.39 Å². The number of hydrogen-bond acceptors (Lipinski definition) is 2. The topological polar surface area (TPSA) is 26.3 Å². The number of ketones is 1. The smallest absolute Gasteiger partial charge is 0.405 e. The molecule has 2 nitrogen and oxygen atoms in total. The van der Waals surface area contributed by atoms with E-state index in [1.165, 1.54) is 30.3 Å². The predicted octanol–water partition coefficient (Wildman–Crippen LogP) is 4.26. The van der Waals surface area contributed by atoms with Crippen LogP contribution in [0.1, 0.15) is 21.5 Å². The molecule has 0 saturated heterocycles. The molecule has 0 aliphatic rings. The van der Waals surface area contributed by atoms with Gasteiger partial charge in [0.25, 0.3) is 0 Å². The van der Waals surface area contributed by atoms with Crippen LogP contribution >= 0.6 is 0 Å². The maximum Gasteiger partial charge on any atom is 0.573 e. The monoisotopic (exact) mass is 298 g/mol. The molecule has 0 heterocycles. The Hall–Kier alpha value is -2.37. The number of para-hydroxylation sites is 1. The number of aryl methyl sites for hydroxylation is 1. The molecule has 0 radical (unpaired) electrons. The quantitative estimate of drug-likeness (QED) is 0.625. The van der Waals surface area contributed by atoms with Gasteiger partial charge < -0.3 is 4.74 Å². The summed E-state index contributed by atoms with van der Waals surface area (Å²) in [6, 6.07) is 8.54. The molecule has 0 aliphatic heterocycles. The minimum Gasteiger partial charge on any atom is -0.405 e. The number of benzene rings is 2. The van der Waals surface area contributed by atoms with E-state index < -0.39 is 23.7 Å². The van der Waals surface area contributed by atoms with E-state index in [2.05, 4.69) is 4.74 Å². The van der Waals surface area contributed by atoms with Crippen LogP contribution in [0.3, 0.4) is 0 Å². The van der Waals surface area contributed by atoms with E-state index in [0.29, 0.717) is 5.56 Å². The number of halogens is 4. The summed E-state index contributed by atoms with van der Waals surface area (Å²) in [7, 11) is 0. The van der Waals surface area contributed by atoms with Gasteiger partial charge in [0.1, 0.15) is 11.6 Å². The van der Waals surface area contributed by atoms with Crippen molar-refractivity contribution in [1.29, 1.82) is 0 Å². The van der Waals surface area contributed by atoms with Crippen LogP contribution in [0.15, 0.2) is 42.5 Å². The highest BCUT2D eigenvalue weighted by molar-refractivity contribution is 6.10. The number of carbonyl (C=O) groups is 1. The van der Waals surface area contributed by atoms with Crippen LogP contribution in [-0.4, -0.2) is 12.1 Å². The molecule has 0 aromatic heterocycles. The molecule has 0 amide bonds. The fourth-order valence-corrected chi connectivity index (χ4v) is 1.89. The summed E-state index contributed by atoms with van der Waals surface area (Å²) in [5, 5.41) is 0. The van der Waals surface area contributed by atoms with E-state index in [9.17, 15) is 22.4 Å². The maximum absolute atomic E-state index is 13.3. The first-order chi connectivity index (χ1) is 9.76. The van der Waals surface area contributed by atoms with Gasteiger partial charge in [0.15, 0.2) is 5.78 Å². The molecule has 2 aromatic carbocycles. The minimum atomic E-state index is -4.91. The molecule has 6 heteroatoms. The van der Waals surface area contributed by atoms with Gasteiger partial charge in [-0.2, -0.15) is 0 Å². The van der Waals surface area contributed by atoms with Crippen molar-refractivity contribution in [3.8, 4) is 5.75 Å². The van der Waals surface area contributed by atoms with Crippen molar-refractivity contribution in [2.45, 2.75) is 13.3 Å². The van der Waals surface area contributed by atoms with Crippen molar-refractivity contribution < 1.29 is 27.1 Å². The lowest BCUT2D eigenvalue weighted by Crippen LogP contribution is -2.19. The summed E-state index contributed by atoms with van der Waals surface area (Å²) in [5.74, 6) is -1.98. The van der Waals surface area contributed by atoms with Crippen LogP contribution in [0.2, 0.25) is 0 Å². The molecule has 0 fully saturated rings. The number of hydrogen-bond donors (Lipinski definition) is 0. The van der Waals surface area contributed by atoms with E-state index in [-0.39, 0.29) is 11.1 Å². The average molecular weight is 298 g/mol. The highest BCUT2D eigenvalue weighted by Crippen LogP contribution is 2.28. The first-order valence-corrected chi connectivity index (χ1v) is 5.93. The van der Waals surface area contributed by atoms with E-state index in [1.54, 1.807) is 6.92 Å². The summed E-state index contributed by atoms with van der Waals surface area (Å²) < 4.78 is 54.1. The number of alkyl halides is 3. The zero-order valence-electron chi connectivity index (χ0n) is 10.9. The molecule has 0 spiro atoms. The fourth-order valence-electron chi connectivity index (χ4n) is 1.89. The molecule has 0 unspecified atom stereocenters. The lowest BCUT2D eigenvalue weighted by Gasteiger charge is -2.12. The van der Waals surface area contributed by atoms with Crippen molar-refractivity contribution in [3.05, 3.63) is 65.0 Å². The second-order valence-electron chi connectivity index (χ2n) is 4.39. The number of ether oxygens (including phenoxy) is 1. The lowest BCUT2D eigenvalue weighted by atomic mass is 10.0. The molecular weight excluding hydrogens is 288 g/mol. The zero-order chi connectivity index (χ0) is 15.6. The molecule has 0 aliphatic carbocycles. The van der Waals surface area contributed by atoms with E-state index in [1.807, 2.05) is 0 Å². The summed E-state index contributed by atoms with van der Waals surface area (Å²) in [6.07, 6.45) is -4.91. The van der Waals surface area contributed by atoms with Crippen LogP contribution in [-0.2, 0) is 0 Å². The van der Waals surface area contributed by atoms with Gasteiger partial charge >= 0.3 is 6.36 Å². The van der Waals surface area contributed by atoms with Crippen molar-refractivity contribution in [1.82, 2.24) is 0 Å². The minimum absolute atomic E-state index is 0.0364. The second-order valence-corrected chi connectivity index (χ2v) is 4.39. The Labute approximate surface area is 118 Å². The van der Waals surface area contributed by atoms with Gasteiger partial charge in [-0.3, -0.25) is 4.79 Å². The molecule has 2 rings (SSSR count). The van der Waals surface area contributed by atoms with Crippen LogP contribution in [0.4, 0.5) is 17.6 Å². The van der Waals surface area contributed by atoms with Crippen LogP contribution in [0.5, 0.6) is 5.75 Å². The molecule has 21 heavy (non-hydrogen) atoms. The Morgan fingerprint density at radius 1 is 1.10 bits per heavy atom. The standard InChI is InChI=1S/C15H10F4O2/c1-9-6-10(8-11(16)7-9)14(20)12-4-2-3-5-13(12)21-15(17,18)19/h2-8H,1H3. The summed E-state index contributed by atoms with van der Waals surface area (Å²) >= 11 is 0. The number of rotatable bonds is 3. The molecule has 2 aromatic rings. The first kappa shape index (κ1) is 15.0. The normalized spacial score (nSPS) is 11.3. The van der Waals surface area contributed by atoms with E-state index >= 15 is 0 Å². The molecule has 110 valence electrons. The Balaban J connectivity index is 2.44. The Kier molecular flexibility index (Phi) is 3.97. The summed E-state index contributed by atoms with van der Waals surface area (Å²) in [5.41, 5.74) is 0.179. The van der Waals surface area contributed by atoms with Crippen LogP contribution in [0, 0.1) is 12.7 Å². The predicted molar refractivity (Wildman–Crippen MR) is 67.7 cm³/mol. The van der Waals surface area contributed by atoms with Gasteiger partial charge in [0, 0.05) is 5.56 Å². The lowest BCUT2D eigenvalue weighted by molar-refractivity contribution is -0.274. The Morgan fingerprint density at radius 2 is 1.76 bits per heavy atom. The molecule has 0 saturated carbocycles. The third-order valence-corrected chi connectivity index (χ3v) is 2.66. The molecule has 0 N–H and O–H groups in total. The zero-order valence-corrected chi connectivity index (χ0v) is 10.9. The van der Waals surface area contributed by atoms with Gasteiger partial charge in [-0.15, -0.1) is 13.2 Å². The highest BCUT2D eigenvalue weighted by Gasteiger charge is 2.33. The van der Waals surface area contributed by atoms with Crippen molar-refractivity contribution in [2.75, 3.05) is 0 Å². The Morgan fingerprint density at radius 3 is 2.38 bits per heavy atom. The summed E-state index contributed by atoms with van der Waals surface area (Å²) in [4.78, 5) is 12.2. The SMILES string of the molecule is Cc1cc(F)cc(C(=O)c2ccccc2OC(F)(F)F)c1. The van der Waals surface area contributed by atoms with Gasteiger partial charge in [0.2, 0.25) is 0 Å². The van der Waals surface area contributed by atoms with Gasteiger partial charge in [-0.1, -0.05) is 12.1 Å². The largest absolute Gasteiger partial charge is 0.573 e. The van der Waals surface area contributed by atoms with Crippen LogP contribution in [0.25, 0.3) is 0 Å². The third-order valence-electron chi connectivity index (χ3n) is 2.66. The molecule has 0 atom stereocenters. The third kappa shape index (κ3) is 3.81. The molecule has 0 bridgehead atoms. The maximum atomic E-state index is 13.3. The van der Waals surface area contributed by atoms with Crippen molar-refractivity contribution in [2.24, 2.45) is 0 Å².